The molecule has 1 aliphatic rings. The molecule has 1 fully saturated rings. The van der Waals surface area contributed by atoms with Crippen molar-refractivity contribution in [2.24, 2.45) is 5.92 Å². The molecular weight excluding hydrogens is 164 g/mol. The van der Waals surface area contributed by atoms with E-state index >= 15 is 0 Å². The van der Waals surface area contributed by atoms with Gasteiger partial charge < -0.3 is 9.84 Å². The van der Waals surface area contributed by atoms with Crippen LogP contribution in [-0.2, 0) is 4.74 Å². The first-order chi connectivity index (χ1) is 5.87. The minimum absolute atomic E-state index is 0.359. The van der Waals surface area contributed by atoms with Crippen LogP contribution in [0.25, 0.3) is 0 Å². The summed E-state index contributed by atoms with van der Waals surface area (Å²) in [7, 11) is 0. The van der Waals surface area contributed by atoms with E-state index in [1.165, 1.54) is 0 Å². The van der Waals surface area contributed by atoms with Gasteiger partial charge in [0.2, 0.25) is 0 Å². The van der Waals surface area contributed by atoms with E-state index in [0.29, 0.717) is 12.5 Å². The molecule has 1 N–H and O–H groups in total. The van der Waals surface area contributed by atoms with Crippen LogP contribution in [0.2, 0.25) is 0 Å². The molecule has 0 spiro atoms. The van der Waals surface area contributed by atoms with Gasteiger partial charge in [0.25, 0.3) is 0 Å². The predicted octanol–water partition coefficient (Wildman–Crippen LogP) is 2.35. The Balaban J connectivity index is 2.54. The molecule has 2 nitrogen and oxygen atoms in total. The molecule has 1 unspecified atom stereocenters. The fourth-order valence-corrected chi connectivity index (χ4v) is 1.86. The zero-order valence-electron chi connectivity index (χ0n) is 9.26. The Labute approximate surface area is 81.3 Å². The lowest BCUT2D eigenvalue weighted by molar-refractivity contribution is -0.103. The third-order valence-corrected chi connectivity index (χ3v) is 3.23. The number of ether oxygens (including phenoxy) is 1. The second-order valence-corrected chi connectivity index (χ2v) is 5.07. The molecule has 0 aliphatic carbocycles. The molecular formula is C11H22O2. The van der Waals surface area contributed by atoms with E-state index in [9.17, 15) is 5.11 Å². The van der Waals surface area contributed by atoms with Gasteiger partial charge in [-0.15, -0.1) is 0 Å². The molecule has 1 heterocycles. The first kappa shape index (κ1) is 11.0. The molecule has 2 heteroatoms. The quantitative estimate of drug-likeness (QED) is 0.733. The van der Waals surface area contributed by atoms with Gasteiger partial charge >= 0.3 is 0 Å². The van der Waals surface area contributed by atoms with E-state index in [-0.39, 0.29) is 5.60 Å². The summed E-state index contributed by atoms with van der Waals surface area (Å²) in [4.78, 5) is 0. The second-order valence-electron chi connectivity index (χ2n) is 5.07. The van der Waals surface area contributed by atoms with Crippen molar-refractivity contribution in [1.29, 1.82) is 0 Å². The lowest BCUT2D eigenvalue weighted by atomic mass is 9.80. The lowest BCUT2D eigenvalue weighted by Crippen LogP contribution is -2.46. The number of hydrogen-bond donors (Lipinski definition) is 1. The van der Waals surface area contributed by atoms with Crippen LogP contribution in [0.3, 0.4) is 0 Å². The third kappa shape index (κ3) is 2.23. The fraction of sp³-hybridized carbons (Fsp3) is 1.00. The van der Waals surface area contributed by atoms with Crippen molar-refractivity contribution in [3.8, 4) is 0 Å². The summed E-state index contributed by atoms with van der Waals surface area (Å²) < 4.78 is 5.54. The van der Waals surface area contributed by atoms with Crippen LogP contribution < -0.4 is 0 Å². The highest BCUT2D eigenvalue weighted by Gasteiger charge is 2.48. The summed E-state index contributed by atoms with van der Waals surface area (Å²) in [6.07, 6.45) is 2.72. The number of rotatable bonds is 3. The van der Waals surface area contributed by atoms with Crippen LogP contribution in [0.5, 0.6) is 0 Å². The smallest absolute Gasteiger partial charge is 0.0952 e. The molecule has 0 radical (unpaired) electrons. The van der Waals surface area contributed by atoms with Crippen molar-refractivity contribution in [2.45, 2.75) is 58.2 Å². The van der Waals surface area contributed by atoms with E-state index in [4.69, 9.17) is 4.74 Å². The molecule has 1 saturated heterocycles. The van der Waals surface area contributed by atoms with E-state index < -0.39 is 5.60 Å². The molecule has 0 saturated carbocycles. The molecule has 13 heavy (non-hydrogen) atoms. The summed E-state index contributed by atoms with van der Waals surface area (Å²) in [5.74, 6) is 0.653. The van der Waals surface area contributed by atoms with Crippen molar-refractivity contribution in [3.63, 3.8) is 0 Å². The van der Waals surface area contributed by atoms with Crippen LogP contribution in [-0.4, -0.2) is 22.9 Å². The van der Waals surface area contributed by atoms with E-state index in [1.807, 2.05) is 13.8 Å². The minimum atomic E-state index is -0.600. The monoisotopic (exact) mass is 186 g/mol. The second kappa shape index (κ2) is 3.58. The average Bonchev–Trinajstić information content (AvgIpc) is 2.24. The largest absolute Gasteiger partial charge is 0.387 e. The molecule has 0 aromatic carbocycles. The first-order valence-electron chi connectivity index (χ1n) is 5.24. The molecule has 78 valence electrons. The Kier molecular flexibility index (Phi) is 3.03. The van der Waals surface area contributed by atoms with Crippen molar-refractivity contribution >= 4 is 0 Å². The van der Waals surface area contributed by atoms with Crippen LogP contribution in [0.1, 0.15) is 47.0 Å². The summed E-state index contributed by atoms with van der Waals surface area (Å²) >= 11 is 0. The lowest BCUT2D eigenvalue weighted by Gasteiger charge is -2.35. The topological polar surface area (TPSA) is 29.5 Å². The van der Waals surface area contributed by atoms with E-state index in [2.05, 4.69) is 13.8 Å². The standard InChI is InChI=1S/C11H22O2/c1-9(2)5-6-11(12)7-8-13-10(11,3)4/h9,12H,5-8H2,1-4H3. The summed E-state index contributed by atoms with van der Waals surface area (Å²) in [6, 6.07) is 0. The average molecular weight is 186 g/mol. The van der Waals surface area contributed by atoms with Gasteiger partial charge in [-0.1, -0.05) is 13.8 Å². The predicted molar refractivity (Wildman–Crippen MR) is 53.7 cm³/mol. The molecule has 0 bridgehead atoms. The Hall–Kier alpha value is -0.0800. The molecule has 1 rings (SSSR count). The van der Waals surface area contributed by atoms with Gasteiger partial charge in [0.15, 0.2) is 0 Å². The van der Waals surface area contributed by atoms with Crippen molar-refractivity contribution in [3.05, 3.63) is 0 Å². The third-order valence-electron chi connectivity index (χ3n) is 3.23. The number of hydrogen-bond acceptors (Lipinski definition) is 2. The van der Waals surface area contributed by atoms with Crippen LogP contribution in [0, 0.1) is 5.92 Å². The maximum absolute atomic E-state index is 10.3. The molecule has 0 aromatic heterocycles. The van der Waals surface area contributed by atoms with Gasteiger partial charge in [-0.3, -0.25) is 0 Å². The summed E-state index contributed by atoms with van der Waals surface area (Å²) in [5.41, 5.74) is -0.959. The minimum Gasteiger partial charge on any atom is -0.387 e. The summed E-state index contributed by atoms with van der Waals surface area (Å²) in [5, 5.41) is 10.3. The van der Waals surface area contributed by atoms with Gasteiger partial charge in [-0.25, -0.2) is 0 Å². The maximum Gasteiger partial charge on any atom is 0.0952 e. The van der Waals surface area contributed by atoms with E-state index in [1.54, 1.807) is 0 Å². The Morgan fingerprint density at radius 2 is 2.00 bits per heavy atom. The SMILES string of the molecule is CC(C)CCC1(O)CCOC1(C)C. The van der Waals surface area contributed by atoms with Gasteiger partial charge in [-0.2, -0.15) is 0 Å². The van der Waals surface area contributed by atoms with Crippen molar-refractivity contribution in [1.82, 2.24) is 0 Å². The normalized spacial score (nSPS) is 32.8. The van der Waals surface area contributed by atoms with Gasteiger partial charge in [0.05, 0.1) is 17.8 Å². The maximum atomic E-state index is 10.3. The zero-order chi connectivity index (χ0) is 10.1. The van der Waals surface area contributed by atoms with Crippen LogP contribution in [0.15, 0.2) is 0 Å². The Morgan fingerprint density at radius 1 is 1.38 bits per heavy atom. The molecule has 0 amide bonds. The van der Waals surface area contributed by atoms with Crippen LogP contribution in [0.4, 0.5) is 0 Å². The Bertz CT molecular complexity index is 175. The summed E-state index contributed by atoms with van der Waals surface area (Å²) in [6.45, 7) is 9.04. The Morgan fingerprint density at radius 3 is 2.38 bits per heavy atom. The highest BCUT2D eigenvalue weighted by molar-refractivity contribution is 4.99. The van der Waals surface area contributed by atoms with E-state index in [0.717, 1.165) is 19.3 Å². The van der Waals surface area contributed by atoms with Crippen LogP contribution >= 0.6 is 0 Å². The van der Waals surface area contributed by atoms with Crippen molar-refractivity contribution in [2.75, 3.05) is 6.61 Å². The molecule has 1 atom stereocenters. The van der Waals surface area contributed by atoms with Gasteiger partial charge in [0, 0.05) is 6.42 Å². The highest BCUT2D eigenvalue weighted by Crippen LogP contribution is 2.39. The zero-order valence-corrected chi connectivity index (χ0v) is 9.26. The fourth-order valence-electron chi connectivity index (χ4n) is 1.86. The van der Waals surface area contributed by atoms with Crippen molar-refractivity contribution < 1.29 is 9.84 Å². The molecule has 0 aromatic rings. The highest BCUT2D eigenvalue weighted by atomic mass is 16.5. The van der Waals surface area contributed by atoms with Gasteiger partial charge in [0.1, 0.15) is 0 Å². The number of aliphatic hydroxyl groups is 1. The van der Waals surface area contributed by atoms with Gasteiger partial charge in [-0.05, 0) is 32.6 Å². The first-order valence-corrected chi connectivity index (χ1v) is 5.24. The molecule has 1 aliphatic heterocycles.